The molecule has 1 saturated heterocycles. The normalized spacial score (nSPS) is 20.4. The minimum absolute atomic E-state index is 0.0797. The third-order valence-corrected chi connectivity index (χ3v) is 5.26. The molecule has 5 nitrogen and oxygen atoms in total. The number of nitrogens with zero attached hydrogens (tertiary/aromatic N) is 2. The van der Waals surface area contributed by atoms with E-state index in [2.05, 4.69) is 47.2 Å². The van der Waals surface area contributed by atoms with Crippen molar-refractivity contribution in [2.75, 3.05) is 46.4 Å². The predicted octanol–water partition coefficient (Wildman–Crippen LogP) is 1.69. The van der Waals surface area contributed by atoms with Crippen molar-refractivity contribution in [3.05, 3.63) is 35.4 Å². The Labute approximate surface area is 152 Å². The van der Waals surface area contributed by atoms with Crippen LogP contribution < -0.4 is 5.32 Å². The summed E-state index contributed by atoms with van der Waals surface area (Å²) >= 11 is 0. The first-order valence-electron chi connectivity index (χ1n) is 9.32. The van der Waals surface area contributed by atoms with Gasteiger partial charge < -0.3 is 10.1 Å². The summed E-state index contributed by atoms with van der Waals surface area (Å²) < 4.78 is 5.18. The standard InChI is InChI=1S/C20H33N3O2/c1-16-7-5-6-8-19(16)9-10-21-20(24)18(3)23-12-11-22(13-14-25-4)17(2)15-23/h5-8,17-18H,9-15H2,1-4H3,(H,21,24). The summed E-state index contributed by atoms with van der Waals surface area (Å²) in [6.45, 7) is 11.6. The van der Waals surface area contributed by atoms with Crippen LogP contribution in [-0.2, 0) is 16.0 Å². The highest BCUT2D eigenvalue weighted by molar-refractivity contribution is 5.81. The van der Waals surface area contributed by atoms with E-state index in [9.17, 15) is 4.79 Å². The Balaban J connectivity index is 1.75. The largest absolute Gasteiger partial charge is 0.383 e. The van der Waals surface area contributed by atoms with Crippen molar-refractivity contribution in [2.24, 2.45) is 0 Å². The maximum absolute atomic E-state index is 12.5. The SMILES string of the molecule is COCCN1CCN(C(C)C(=O)NCCc2ccccc2C)CC1C. The summed E-state index contributed by atoms with van der Waals surface area (Å²) in [5.74, 6) is 0.131. The zero-order chi connectivity index (χ0) is 18.2. The average Bonchev–Trinajstić information content (AvgIpc) is 2.61. The molecule has 1 aliphatic heterocycles. The molecular weight excluding hydrogens is 314 g/mol. The van der Waals surface area contributed by atoms with E-state index in [0.29, 0.717) is 12.6 Å². The number of hydrogen-bond acceptors (Lipinski definition) is 4. The van der Waals surface area contributed by atoms with E-state index < -0.39 is 0 Å². The molecule has 1 aromatic rings. The molecule has 1 fully saturated rings. The summed E-state index contributed by atoms with van der Waals surface area (Å²) in [5, 5.41) is 3.10. The second kappa shape index (κ2) is 9.90. The fraction of sp³-hybridized carbons (Fsp3) is 0.650. The molecule has 1 heterocycles. The Kier molecular flexibility index (Phi) is 7.88. The fourth-order valence-electron chi connectivity index (χ4n) is 3.44. The van der Waals surface area contributed by atoms with Gasteiger partial charge in [0.15, 0.2) is 0 Å². The molecule has 0 saturated carbocycles. The van der Waals surface area contributed by atoms with Crippen LogP contribution in [0.5, 0.6) is 0 Å². The van der Waals surface area contributed by atoms with Crippen molar-refractivity contribution in [3.8, 4) is 0 Å². The van der Waals surface area contributed by atoms with Gasteiger partial charge in [0.25, 0.3) is 0 Å². The topological polar surface area (TPSA) is 44.8 Å². The van der Waals surface area contributed by atoms with Crippen LogP contribution in [0.2, 0.25) is 0 Å². The summed E-state index contributed by atoms with van der Waals surface area (Å²) in [6.07, 6.45) is 0.881. The molecule has 25 heavy (non-hydrogen) atoms. The molecule has 1 N–H and O–H groups in total. The molecule has 140 valence electrons. The first-order valence-corrected chi connectivity index (χ1v) is 9.32. The van der Waals surface area contributed by atoms with Gasteiger partial charge in [-0.25, -0.2) is 0 Å². The van der Waals surface area contributed by atoms with Crippen molar-refractivity contribution in [3.63, 3.8) is 0 Å². The Morgan fingerprint density at radius 3 is 2.80 bits per heavy atom. The smallest absolute Gasteiger partial charge is 0.237 e. The minimum atomic E-state index is -0.0797. The fourth-order valence-corrected chi connectivity index (χ4v) is 3.44. The van der Waals surface area contributed by atoms with E-state index in [1.807, 2.05) is 13.0 Å². The number of methoxy groups -OCH3 is 1. The highest BCUT2D eigenvalue weighted by Crippen LogP contribution is 2.12. The zero-order valence-electron chi connectivity index (χ0n) is 16.1. The van der Waals surface area contributed by atoms with Crippen LogP contribution in [0, 0.1) is 6.92 Å². The molecule has 0 bridgehead atoms. The van der Waals surface area contributed by atoms with Crippen molar-refractivity contribution in [1.82, 2.24) is 15.1 Å². The lowest BCUT2D eigenvalue weighted by Crippen LogP contribution is -2.57. The molecular formula is C20H33N3O2. The summed E-state index contributed by atoms with van der Waals surface area (Å²) in [6, 6.07) is 8.72. The predicted molar refractivity (Wildman–Crippen MR) is 102 cm³/mol. The highest BCUT2D eigenvalue weighted by atomic mass is 16.5. The number of rotatable bonds is 8. The molecule has 5 heteroatoms. The van der Waals surface area contributed by atoms with Crippen LogP contribution in [0.4, 0.5) is 0 Å². The summed E-state index contributed by atoms with van der Waals surface area (Å²) in [4.78, 5) is 17.2. The van der Waals surface area contributed by atoms with Crippen LogP contribution >= 0.6 is 0 Å². The van der Waals surface area contributed by atoms with Crippen LogP contribution in [-0.4, -0.2) is 74.2 Å². The first kappa shape index (κ1) is 19.9. The number of ether oxygens (including phenoxy) is 1. The molecule has 0 radical (unpaired) electrons. The van der Waals surface area contributed by atoms with E-state index in [4.69, 9.17) is 4.74 Å². The summed E-state index contributed by atoms with van der Waals surface area (Å²) in [7, 11) is 1.74. The molecule has 1 amide bonds. The third-order valence-electron chi connectivity index (χ3n) is 5.26. The van der Waals surface area contributed by atoms with E-state index in [0.717, 1.165) is 39.2 Å². The number of benzene rings is 1. The molecule has 1 aliphatic rings. The molecule has 0 aromatic heterocycles. The first-order chi connectivity index (χ1) is 12.0. The van der Waals surface area contributed by atoms with Gasteiger partial charge in [-0.15, -0.1) is 0 Å². The Bertz CT molecular complexity index is 549. The molecule has 2 unspecified atom stereocenters. The van der Waals surface area contributed by atoms with Crippen molar-refractivity contribution >= 4 is 5.91 Å². The maximum Gasteiger partial charge on any atom is 0.237 e. The molecule has 0 aliphatic carbocycles. The van der Waals surface area contributed by atoms with Crippen molar-refractivity contribution in [2.45, 2.75) is 39.3 Å². The number of piperazine rings is 1. The molecule has 1 aromatic carbocycles. The number of aryl methyl sites for hydroxylation is 1. The van der Waals surface area contributed by atoms with Crippen molar-refractivity contribution < 1.29 is 9.53 Å². The lowest BCUT2D eigenvalue weighted by molar-refractivity contribution is -0.127. The van der Waals surface area contributed by atoms with Gasteiger partial charge in [-0.05, 0) is 38.3 Å². The van der Waals surface area contributed by atoms with Crippen molar-refractivity contribution in [1.29, 1.82) is 0 Å². The molecule has 2 atom stereocenters. The van der Waals surface area contributed by atoms with Gasteiger partial charge in [0.2, 0.25) is 5.91 Å². The second-order valence-corrected chi connectivity index (χ2v) is 7.02. The number of carbonyl (C=O) groups excluding carboxylic acids is 1. The Morgan fingerprint density at radius 1 is 1.36 bits per heavy atom. The van der Waals surface area contributed by atoms with Crippen LogP contribution in [0.1, 0.15) is 25.0 Å². The quantitative estimate of drug-likeness (QED) is 0.777. The van der Waals surface area contributed by atoms with Gasteiger partial charge in [-0.1, -0.05) is 24.3 Å². The van der Waals surface area contributed by atoms with Gasteiger partial charge in [0.1, 0.15) is 0 Å². The second-order valence-electron chi connectivity index (χ2n) is 7.02. The molecule has 0 spiro atoms. The number of carbonyl (C=O) groups is 1. The zero-order valence-corrected chi connectivity index (χ0v) is 16.1. The van der Waals surface area contributed by atoms with Crippen LogP contribution in [0.25, 0.3) is 0 Å². The van der Waals surface area contributed by atoms with E-state index in [1.165, 1.54) is 11.1 Å². The van der Waals surface area contributed by atoms with Gasteiger partial charge >= 0.3 is 0 Å². The monoisotopic (exact) mass is 347 g/mol. The van der Waals surface area contributed by atoms with E-state index >= 15 is 0 Å². The van der Waals surface area contributed by atoms with E-state index in [1.54, 1.807) is 7.11 Å². The number of amides is 1. The lowest BCUT2D eigenvalue weighted by Gasteiger charge is -2.41. The number of hydrogen-bond donors (Lipinski definition) is 1. The van der Waals surface area contributed by atoms with E-state index in [-0.39, 0.29) is 11.9 Å². The third kappa shape index (κ3) is 5.80. The Hall–Kier alpha value is -1.43. The van der Waals surface area contributed by atoms with Crippen LogP contribution in [0.3, 0.4) is 0 Å². The number of nitrogens with one attached hydrogen (secondary N) is 1. The minimum Gasteiger partial charge on any atom is -0.383 e. The lowest BCUT2D eigenvalue weighted by atomic mass is 10.1. The van der Waals surface area contributed by atoms with Gasteiger partial charge in [-0.3, -0.25) is 14.6 Å². The summed E-state index contributed by atoms with van der Waals surface area (Å²) in [5.41, 5.74) is 2.58. The van der Waals surface area contributed by atoms with Gasteiger partial charge in [0.05, 0.1) is 12.6 Å². The highest BCUT2D eigenvalue weighted by Gasteiger charge is 2.29. The van der Waals surface area contributed by atoms with Crippen LogP contribution in [0.15, 0.2) is 24.3 Å². The van der Waals surface area contributed by atoms with Gasteiger partial charge in [0, 0.05) is 45.9 Å². The van der Waals surface area contributed by atoms with Gasteiger partial charge in [-0.2, -0.15) is 0 Å². The maximum atomic E-state index is 12.5. The average molecular weight is 348 g/mol. The molecule has 2 rings (SSSR count). The Morgan fingerprint density at radius 2 is 2.12 bits per heavy atom.